The fourth-order valence-electron chi connectivity index (χ4n) is 2.17. The van der Waals surface area contributed by atoms with Crippen LogP contribution >= 0.6 is 11.6 Å². The summed E-state index contributed by atoms with van der Waals surface area (Å²) in [5.41, 5.74) is 1.76. The second-order valence-electron chi connectivity index (χ2n) is 5.75. The number of amides is 3. The molecule has 134 valence electrons. The van der Waals surface area contributed by atoms with Gasteiger partial charge in [0.1, 0.15) is 5.82 Å². The van der Waals surface area contributed by atoms with Gasteiger partial charge < -0.3 is 20.5 Å². The lowest BCUT2D eigenvalue weighted by Gasteiger charge is -2.17. The number of anilines is 1. The molecule has 0 atom stereocenters. The number of H-pyrrole nitrogens is 1. The standard InChI is InChI=1S/C17H22ClN5O2/c1-4-7-19-16(24)13-8-12(5-6-14(13)18)22-17(25)23(3)10-15-20-9-11(2)21-15/h5-6,8-9H,4,7,10H2,1-3H3,(H,19,24)(H,20,21)(H,22,25). The number of carbonyl (C=O) groups is 2. The number of aromatic amines is 1. The van der Waals surface area contributed by atoms with Crippen molar-refractivity contribution >= 4 is 29.2 Å². The molecule has 25 heavy (non-hydrogen) atoms. The molecule has 3 amide bonds. The van der Waals surface area contributed by atoms with Gasteiger partial charge in [0, 0.05) is 31.2 Å². The van der Waals surface area contributed by atoms with E-state index in [1.54, 1.807) is 31.4 Å². The Labute approximate surface area is 151 Å². The van der Waals surface area contributed by atoms with E-state index in [-0.39, 0.29) is 11.9 Å². The van der Waals surface area contributed by atoms with Gasteiger partial charge in [0.05, 0.1) is 17.1 Å². The Morgan fingerprint density at radius 2 is 2.12 bits per heavy atom. The minimum Gasteiger partial charge on any atom is -0.352 e. The quantitative estimate of drug-likeness (QED) is 0.736. The van der Waals surface area contributed by atoms with E-state index in [1.807, 2.05) is 13.8 Å². The number of benzene rings is 1. The molecule has 1 aromatic carbocycles. The molecular weight excluding hydrogens is 342 g/mol. The summed E-state index contributed by atoms with van der Waals surface area (Å²) in [5.74, 6) is 0.438. The summed E-state index contributed by atoms with van der Waals surface area (Å²) in [4.78, 5) is 33.1. The van der Waals surface area contributed by atoms with Crippen molar-refractivity contribution in [2.75, 3.05) is 18.9 Å². The van der Waals surface area contributed by atoms with Crippen LogP contribution in [0.15, 0.2) is 24.4 Å². The monoisotopic (exact) mass is 363 g/mol. The highest BCUT2D eigenvalue weighted by molar-refractivity contribution is 6.34. The zero-order valence-electron chi connectivity index (χ0n) is 14.5. The molecule has 0 bridgehead atoms. The summed E-state index contributed by atoms with van der Waals surface area (Å²) in [6.07, 6.45) is 2.54. The first-order chi connectivity index (χ1) is 11.9. The molecule has 2 rings (SSSR count). The van der Waals surface area contributed by atoms with E-state index in [0.717, 1.165) is 12.1 Å². The molecule has 0 unspecified atom stereocenters. The highest BCUT2D eigenvalue weighted by atomic mass is 35.5. The Morgan fingerprint density at radius 3 is 2.76 bits per heavy atom. The van der Waals surface area contributed by atoms with Crippen molar-refractivity contribution in [2.24, 2.45) is 0 Å². The summed E-state index contributed by atoms with van der Waals surface area (Å²) in [7, 11) is 1.66. The van der Waals surface area contributed by atoms with Gasteiger partial charge >= 0.3 is 6.03 Å². The number of hydrogen-bond donors (Lipinski definition) is 3. The second kappa shape index (κ2) is 8.53. The molecule has 0 saturated carbocycles. The van der Waals surface area contributed by atoms with E-state index in [0.29, 0.717) is 35.2 Å². The number of aromatic nitrogens is 2. The van der Waals surface area contributed by atoms with Crippen molar-refractivity contribution < 1.29 is 9.59 Å². The summed E-state index contributed by atoms with van der Waals surface area (Å²) in [6, 6.07) is 4.50. The Kier molecular flexibility index (Phi) is 6.41. The third-order valence-electron chi connectivity index (χ3n) is 3.49. The van der Waals surface area contributed by atoms with Crippen LogP contribution in [0.25, 0.3) is 0 Å². The average Bonchev–Trinajstić information content (AvgIpc) is 2.99. The van der Waals surface area contributed by atoms with Crippen molar-refractivity contribution in [1.82, 2.24) is 20.2 Å². The van der Waals surface area contributed by atoms with E-state index in [2.05, 4.69) is 20.6 Å². The van der Waals surface area contributed by atoms with Gasteiger partial charge in [-0.1, -0.05) is 18.5 Å². The van der Waals surface area contributed by atoms with Crippen LogP contribution in [0.1, 0.15) is 35.2 Å². The number of rotatable bonds is 6. The van der Waals surface area contributed by atoms with Crippen LogP contribution in [0, 0.1) is 6.92 Å². The number of urea groups is 1. The minimum absolute atomic E-state index is 0.262. The topological polar surface area (TPSA) is 90.1 Å². The molecule has 0 radical (unpaired) electrons. The summed E-state index contributed by atoms with van der Waals surface area (Å²) in [5, 5.41) is 5.86. The van der Waals surface area contributed by atoms with Crippen LogP contribution in [0.5, 0.6) is 0 Å². The highest BCUT2D eigenvalue weighted by Gasteiger charge is 2.14. The molecule has 0 aliphatic carbocycles. The fraction of sp³-hybridized carbons (Fsp3) is 0.353. The first-order valence-electron chi connectivity index (χ1n) is 8.01. The van der Waals surface area contributed by atoms with Crippen molar-refractivity contribution in [1.29, 1.82) is 0 Å². The SMILES string of the molecule is CCCNC(=O)c1cc(NC(=O)N(C)Cc2ncc(C)[nH]2)ccc1Cl. The highest BCUT2D eigenvalue weighted by Crippen LogP contribution is 2.21. The van der Waals surface area contributed by atoms with E-state index in [1.165, 1.54) is 4.90 Å². The number of aryl methyl sites for hydroxylation is 1. The Hall–Kier alpha value is -2.54. The van der Waals surface area contributed by atoms with E-state index in [9.17, 15) is 9.59 Å². The third-order valence-corrected chi connectivity index (χ3v) is 3.82. The second-order valence-corrected chi connectivity index (χ2v) is 6.16. The number of imidazole rings is 1. The maximum Gasteiger partial charge on any atom is 0.321 e. The van der Waals surface area contributed by atoms with Gasteiger partial charge in [-0.15, -0.1) is 0 Å². The van der Waals surface area contributed by atoms with Gasteiger partial charge in [0.2, 0.25) is 0 Å². The average molecular weight is 364 g/mol. The predicted molar refractivity (Wildman–Crippen MR) is 97.9 cm³/mol. The Bertz CT molecular complexity index is 759. The number of nitrogens with one attached hydrogen (secondary N) is 3. The molecule has 0 fully saturated rings. The van der Waals surface area contributed by atoms with Crippen LogP contribution < -0.4 is 10.6 Å². The summed E-state index contributed by atoms with van der Waals surface area (Å²) >= 11 is 6.08. The smallest absolute Gasteiger partial charge is 0.321 e. The van der Waals surface area contributed by atoms with Gasteiger partial charge in [-0.3, -0.25) is 4.79 Å². The van der Waals surface area contributed by atoms with Crippen LogP contribution in [-0.4, -0.2) is 40.4 Å². The molecule has 1 aromatic heterocycles. The van der Waals surface area contributed by atoms with Crippen molar-refractivity contribution in [3.8, 4) is 0 Å². The Morgan fingerprint density at radius 1 is 1.36 bits per heavy atom. The number of nitrogens with zero attached hydrogens (tertiary/aromatic N) is 2. The third kappa shape index (κ3) is 5.22. The lowest BCUT2D eigenvalue weighted by atomic mass is 10.2. The van der Waals surface area contributed by atoms with Crippen LogP contribution in [-0.2, 0) is 6.54 Å². The lowest BCUT2D eigenvalue weighted by molar-refractivity contribution is 0.0954. The van der Waals surface area contributed by atoms with Crippen molar-refractivity contribution in [3.05, 3.63) is 46.5 Å². The fourth-order valence-corrected chi connectivity index (χ4v) is 2.38. The van der Waals surface area contributed by atoms with Crippen LogP contribution in [0.2, 0.25) is 5.02 Å². The van der Waals surface area contributed by atoms with Gasteiger partial charge in [-0.2, -0.15) is 0 Å². The first kappa shape index (κ1) is 18.8. The lowest BCUT2D eigenvalue weighted by Crippen LogP contribution is -2.31. The maximum atomic E-state index is 12.3. The normalized spacial score (nSPS) is 10.4. The largest absolute Gasteiger partial charge is 0.352 e. The van der Waals surface area contributed by atoms with Gasteiger partial charge in [0.25, 0.3) is 5.91 Å². The van der Waals surface area contributed by atoms with Crippen LogP contribution in [0.4, 0.5) is 10.5 Å². The molecule has 8 heteroatoms. The van der Waals surface area contributed by atoms with Crippen molar-refractivity contribution in [2.45, 2.75) is 26.8 Å². The molecule has 0 aliphatic heterocycles. The Balaban J connectivity index is 2.03. The van der Waals surface area contributed by atoms with E-state index < -0.39 is 0 Å². The summed E-state index contributed by atoms with van der Waals surface area (Å²) in [6.45, 7) is 4.78. The predicted octanol–water partition coefficient (Wildman–Crippen LogP) is 3.18. The van der Waals surface area contributed by atoms with Gasteiger partial charge in [0.15, 0.2) is 0 Å². The van der Waals surface area contributed by atoms with Gasteiger partial charge in [-0.25, -0.2) is 9.78 Å². The zero-order valence-corrected chi connectivity index (χ0v) is 15.3. The molecule has 1 heterocycles. The molecular formula is C17H22ClN5O2. The molecule has 3 N–H and O–H groups in total. The van der Waals surface area contributed by atoms with Gasteiger partial charge in [-0.05, 0) is 31.5 Å². The van der Waals surface area contributed by atoms with E-state index in [4.69, 9.17) is 11.6 Å². The minimum atomic E-state index is -0.309. The number of halogens is 1. The number of carbonyl (C=O) groups excluding carboxylic acids is 2. The van der Waals surface area contributed by atoms with Crippen molar-refractivity contribution in [3.63, 3.8) is 0 Å². The first-order valence-corrected chi connectivity index (χ1v) is 8.38. The van der Waals surface area contributed by atoms with E-state index >= 15 is 0 Å². The zero-order chi connectivity index (χ0) is 18.4. The summed E-state index contributed by atoms with van der Waals surface area (Å²) < 4.78 is 0. The molecule has 0 saturated heterocycles. The van der Waals surface area contributed by atoms with Crippen LogP contribution in [0.3, 0.4) is 0 Å². The molecule has 2 aromatic rings. The molecule has 7 nitrogen and oxygen atoms in total. The number of hydrogen-bond acceptors (Lipinski definition) is 3. The maximum absolute atomic E-state index is 12.3. The molecule has 0 aliphatic rings. The molecule has 0 spiro atoms.